The minimum absolute atomic E-state index is 0.0560. The quantitative estimate of drug-likeness (QED) is 0.341. The molecule has 0 radical (unpaired) electrons. The minimum Gasteiger partial charge on any atom is -0.462 e. The molecule has 3 aliphatic rings. The first-order valence-corrected chi connectivity index (χ1v) is 11.2. The molecule has 0 aromatic heterocycles. The van der Waals surface area contributed by atoms with Gasteiger partial charge in [0.15, 0.2) is 12.4 Å². The highest BCUT2D eigenvalue weighted by Crippen LogP contribution is 2.57. The van der Waals surface area contributed by atoms with Gasteiger partial charge in [-0.1, -0.05) is 15.9 Å². The average molecular weight is 499 g/mol. The number of benzene rings is 2. The lowest BCUT2D eigenvalue weighted by Crippen LogP contribution is -2.34. The van der Waals surface area contributed by atoms with Crippen LogP contribution in [0, 0.1) is 23.7 Å². The van der Waals surface area contributed by atoms with Crippen LogP contribution >= 0.6 is 15.9 Å². The molecule has 0 spiro atoms. The Hall–Kier alpha value is -3.00. The number of fused-ring (bicyclic) bond motifs is 1. The van der Waals surface area contributed by atoms with E-state index >= 15 is 0 Å². The summed E-state index contributed by atoms with van der Waals surface area (Å²) >= 11 is 3.31. The second-order valence-electron chi connectivity index (χ2n) is 8.37. The van der Waals surface area contributed by atoms with Crippen LogP contribution in [-0.4, -0.2) is 36.4 Å². The molecule has 5 atom stereocenters. The van der Waals surface area contributed by atoms with Gasteiger partial charge in [-0.2, -0.15) is 0 Å². The number of halogens is 1. The van der Waals surface area contributed by atoms with Gasteiger partial charge in [0.05, 0.1) is 17.4 Å². The van der Waals surface area contributed by atoms with Gasteiger partial charge in [0.2, 0.25) is 0 Å². The number of ketones is 1. The second-order valence-corrected chi connectivity index (χ2v) is 9.29. The van der Waals surface area contributed by atoms with Crippen molar-refractivity contribution < 1.29 is 33.4 Å². The molecule has 32 heavy (non-hydrogen) atoms. The average Bonchev–Trinajstić information content (AvgIpc) is 3.41. The van der Waals surface area contributed by atoms with Gasteiger partial charge in [-0.3, -0.25) is 14.4 Å². The SMILES string of the molecule is O=C(COC(=O)[C@@H]1[C@@H]2C[C@@H]3[C@H]1C(=O)O[C@H]3C2)c1ccc(OC(=O)c2ccc(Br)cc2)cc1. The summed E-state index contributed by atoms with van der Waals surface area (Å²) in [5.74, 6) is -2.17. The highest BCUT2D eigenvalue weighted by Gasteiger charge is 2.64. The van der Waals surface area contributed by atoms with Crippen LogP contribution in [0.2, 0.25) is 0 Å². The van der Waals surface area contributed by atoms with Gasteiger partial charge in [-0.05, 0) is 67.3 Å². The highest BCUT2D eigenvalue weighted by molar-refractivity contribution is 9.10. The van der Waals surface area contributed by atoms with Crippen molar-refractivity contribution >= 4 is 39.6 Å². The molecule has 5 rings (SSSR count). The summed E-state index contributed by atoms with van der Waals surface area (Å²) in [6, 6.07) is 12.8. The molecule has 8 heteroatoms. The van der Waals surface area contributed by atoms with Crippen LogP contribution in [0.1, 0.15) is 33.6 Å². The molecule has 0 unspecified atom stereocenters. The van der Waals surface area contributed by atoms with Crippen molar-refractivity contribution in [3.8, 4) is 5.75 Å². The van der Waals surface area contributed by atoms with E-state index in [0.717, 1.165) is 10.9 Å². The molecule has 3 fully saturated rings. The molecule has 1 saturated heterocycles. The Morgan fingerprint density at radius 1 is 0.969 bits per heavy atom. The van der Waals surface area contributed by atoms with Crippen molar-refractivity contribution in [1.29, 1.82) is 0 Å². The molecule has 1 heterocycles. The first-order chi connectivity index (χ1) is 15.4. The Balaban J connectivity index is 1.16. The lowest BCUT2D eigenvalue weighted by molar-refractivity contribution is -0.154. The minimum atomic E-state index is -0.514. The fourth-order valence-electron chi connectivity index (χ4n) is 5.10. The number of carbonyl (C=O) groups excluding carboxylic acids is 4. The first kappa shape index (κ1) is 20.9. The summed E-state index contributed by atoms with van der Waals surface area (Å²) in [4.78, 5) is 49.3. The van der Waals surface area contributed by atoms with Gasteiger partial charge in [-0.25, -0.2) is 4.79 Å². The van der Waals surface area contributed by atoms with Crippen LogP contribution in [0.3, 0.4) is 0 Å². The van der Waals surface area contributed by atoms with Gasteiger partial charge in [0.25, 0.3) is 0 Å². The van der Waals surface area contributed by atoms with E-state index in [9.17, 15) is 19.2 Å². The third kappa shape index (κ3) is 3.72. The number of Topliss-reactive ketones (excluding diaryl/α,β-unsaturated/α-hetero) is 1. The molecular formula is C24H19BrO7. The molecule has 1 aliphatic heterocycles. The molecular weight excluding hydrogens is 480 g/mol. The molecule has 2 aliphatic carbocycles. The van der Waals surface area contributed by atoms with E-state index in [-0.39, 0.29) is 29.7 Å². The Kier molecular flexibility index (Phi) is 5.33. The second kappa shape index (κ2) is 8.16. The Labute approximate surface area is 192 Å². The summed E-state index contributed by atoms with van der Waals surface area (Å²) in [7, 11) is 0. The van der Waals surface area contributed by atoms with Crippen molar-refractivity contribution in [3.63, 3.8) is 0 Å². The summed E-state index contributed by atoms with van der Waals surface area (Å²) in [6.07, 6.45) is 1.44. The van der Waals surface area contributed by atoms with E-state index in [1.165, 1.54) is 24.3 Å². The van der Waals surface area contributed by atoms with Crippen LogP contribution in [0.5, 0.6) is 5.75 Å². The maximum absolute atomic E-state index is 12.6. The molecule has 2 saturated carbocycles. The van der Waals surface area contributed by atoms with Crippen molar-refractivity contribution in [2.75, 3.05) is 6.61 Å². The first-order valence-electron chi connectivity index (χ1n) is 10.4. The van der Waals surface area contributed by atoms with Crippen LogP contribution in [-0.2, 0) is 19.1 Å². The number of rotatable bonds is 6. The number of carbonyl (C=O) groups is 4. The third-order valence-corrected chi connectivity index (χ3v) is 7.10. The number of esters is 3. The topological polar surface area (TPSA) is 96.0 Å². The van der Waals surface area contributed by atoms with Gasteiger partial charge in [0.1, 0.15) is 11.9 Å². The lowest BCUT2D eigenvalue weighted by atomic mass is 9.80. The van der Waals surface area contributed by atoms with Crippen LogP contribution < -0.4 is 4.74 Å². The summed E-state index contributed by atoms with van der Waals surface area (Å²) < 4.78 is 16.8. The van der Waals surface area contributed by atoms with E-state index in [4.69, 9.17) is 14.2 Å². The predicted molar refractivity (Wildman–Crippen MR) is 114 cm³/mol. The summed E-state index contributed by atoms with van der Waals surface area (Å²) in [6.45, 7) is -0.407. The van der Waals surface area contributed by atoms with E-state index in [0.29, 0.717) is 23.3 Å². The molecule has 0 N–H and O–H groups in total. The van der Waals surface area contributed by atoms with Crippen molar-refractivity contribution in [3.05, 3.63) is 64.1 Å². The van der Waals surface area contributed by atoms with Gasteiger partial charge in [-0.15, -0.1) is 0 Å². The molecule has 2 bridgehead atoms. The molecule has 2 aromatic carbocycles. The fraction of sp³-hybridized carbons (Fsp3) is 0.333. The van der Waals surface area contributed by atoms with Crippen LogP contribution in [0.4, 0.5) is 0 Å². The monoisotopic (exact) mass is 498 g/mol. The Bertz CT molecular complexity index is 1090. The third-order valence-electron chi connectivity index (χ3n) is 6.57. The van der Waals surface area contributed by atoms with Gasteiger partial charge < -0.3 is 14.2 Å². The van der Waals surface area contributed by atoms with Crippen molar-refractivity contribution in [2.45, 2.75) is 18.9 Å². The normalized spacial score (nSPS) is 27.2. The van der Waals surface area contributed by atoms with Crippen molar-refractivity contribution in [1.82, 2.24) is 0 Å². The Morgan fingerprint density at radius 3 is 2.38 bits per heavy atom. The van der Waals surface area contributed by atoms with Gasteiger partial charge >= 0.3 is 17.9 Å². The lowest BCUT2D eigenvalue weighted by Gasteiger charge is -2.22. The zero-order valence-corrected chi connectivity index (χ0v) is 18.4. The Morgan fingerprint density at radius 2 is 1.66 bits per heavy atom. The maximum Gasteiger partial charge on any atom is 0.343 e. The smallest absolute Gasteiger partial charge is 0.343 e. The fourth-order valence-corrected chi connectivity index (χ4v) is 5.37. The summed E-state index contributed by atoms with van der Waals surface area (Å²) in [5.41, 5.74) is 0.730. The van der Waals surface area contributed by atoms with Crippen molar-refractivity contribution in [2.24, 2.45) is 23.7 Å². The standard InChI is InChI=1S/C24H19BrO7/c25-15-5-1-13(2-6-15)22(27)31-16-7-3-12(4-8-16)18(26)11-30-23(28)20-14-9-17-19(10-14)32-24(29)21(17)20/h1-8,14,17,19-21H,9-11H2/t14-,17+,19+,20-,21-/m1/s1. The molecule has 7 nitrogen and oxygen atoms in total. The number of hydrogen-bond donors (Lipinski definition) is 0. The summed E-state index contributed by atoms with van der Waals surface area (Å²) in [5, 5.41) is 0. The van der Waals surface area contributed by atoms with Crippen LogP contribution in [0.25, 0.3) is 0 Å². The van der Waals surface area contributed by atoms with E-state index in [1.54, 1.807) is 24.3 Å². The van der Waals surface area contributed by atoms with E-state index < -0.39 is 30.4 Å². The number of hydrogen-bond acceptors (Lipinski definition) is 7. The molecule has 0 amide bonds. The zero-order chi connectivity index (χ0) is 22.4. The van der Waals surface area contributed by atoms with Gasteiger partial charge in [0, 0.05) is 16.0 Å². The van der Waals surface area contributed by atoms with Crippen LogP contribution in [0.15, 0.2) is 53.0 Å². The molecule has 2 aromatic rings. The molecule has 164 valence electrons. The highest BCUT2D eigenvalue weighted by atomic mass is 79.9. The van der Waals surface area contributed by atoms with E-state index in [1.807, 2.05) is 0 Å². The number of ether oxygens (including phenoxy) is 3. The maximum atomic E-state index is 12.6. The zero-order valence-electron chi connectivity index (χ0n) is 16.9. The largest absolute Gasteiger partial charge is 0.462 e. The van der Waals surface area contributed by atoms with E-state index in [2.05, 4.69) is 15.9 Å². The predicted octanol–water partition coefficient (Wildman–Crippen LogP) is 3.59.